The predicted octanol–water partition coefficient (Wildman–Crippen LogP) is 5.18. The molecule has 0 aliphatic carbocycles. The zero-order valence-corrected chi connectivity index (χ0v) is 14.8. The fourth-order valence-corrected chi connectivity index (χ4v) is 3.11. The van der Waals surface area contributed by atoms with Crippen LogP contribution < -0.4 is 5.32 Å². The Bertz CT molecular complexity index is 916. The van der Waals surface area contributed by atoms with Crippen LogP contribution in [-0.4, -0.2) is 16.9 Å². The normalized spacial score (nSPS) is 10.7. The van der Waals surface area contributed by atoms with E-state index in [0.29, 0.717) is 10.6 Å². The molecule has 0 saturated heterocycles. The van der Waals surface area contributed by atoms with Gasteiger partial charge in [-0.1, -0.05) is 23.7 Å². The summed E-state index contributed by atoms with van der Waals surface area (Å²) >= 11 is 6.10. The monoisotopic (exact) mass is 356 g/mol. The summed E-state index contributed by atoms with van der Waals surface area (Å²) in [5.74, 6) is -0.312. The van der Waals surface area contributed by atoms with Crippen molar-refractivity contribution >= 4 is 23.1 Å². The lowest BCUT2D eigenvalue weighted by atomic mass is 10.1. The third-order valence-electron chi connectivity index (χ3n) is 4.13. The Morgan fingerprint density at radius 1 is 1.12 bits per heavy atom. The average Bonchev–Trinajstić information content (AvgIpc) is 2.89. The van der Waals surface area contributed by atoms with Gasteiger partial charge in [-0.2, -0.15) is 0 Å². The fraction of sp³-hybridized carbons (Fsp3) is 0.150. The number of nitrogens with zero attached hydrogens (tertiary/aromatic N) is 1. The second kappa shape index (κ2) is 7.11. The van der Waals surface area contributed by atoms with E-state index in [0.717, 1.165) is 22.8 Å². The number of hydrogen-bond acceptors (Lipinski definition) is 2. The van der Waals surface area contributed by atoms with Crippen LogP contribution in [0.15, 0.2) is 54.6 Å². The second-order valence-corrected chi connectivity index (χ2v) is 6.26. The number of aromatic nitrogens is 1. The molecular formula is C20H18ClFN2O. The van der Waals surface area contributed by atoms with Crippen molar-refractivity contribution in [3.05, 3.63) is 82.4 Å². The number of rotatable bonds is 5. The Balaban J connectivity index is 1.83. The Morgan fingerprint density at radius 3 is 2.48 bits per heavy atom. The number of aryl methyl sites for hydroxylation is 1. The van der Waals surface area contributed by atoms with Crippen LogP contribution in [0, 0.1) is 19.7 Å². The van der Waals surface area contributed by atoms with Crippen molar-refractivity contribution in [2.45, 2.75) is 13.8 Å². The SMILES string of the molecule is Cc1cc(C(=O)CNc2ccccc2Cl)c(C)n1-c1ccc(F)cc1. The number of carbonyl (C=O) groups excluding carboxylic acids is 1. The largest absolute Gasteiger partial charge is 0.376 e. The standard InChI is InChI=1S/C20H18ClFN2O/c1-13-11-17(14(2)24(13)16-9-7-15(22)8-10-16)20(25)12-23-19-6-4-3-5-18(19)21/h3-11,23H,12H2,1-2H3. The van der Waals surface area contributed by atoms with Gasteiger partial charge in [0.1, 0.15) is 5.82 Å². The quantitative estimate of drug-likeness (QED) is 0.639. The summed E-state index contributed by atoms with van der Waals surface area (Å²) in [6.07, 6.45) is 0. The number of benzene rings is 2. The Hall–Kier alpha value is -2.59. The number of ketones is 1. The van der Waals surface area contributed by atoms with Gasteiger partial charge in [0.25, 0.3) is 0 Å². The number of para-hydroxylation sites is 1. The number of halogens is 2. The summed E-state index contributed by atoms with van der Waals surface area (Å²) in [7, 11) is 0. The summed E-state index contributed by atoms with van der Waals surface area (Å²) in [6, 6.07) is 15.4. The number of hydrogen-bond donors (Lipinski definition) is 1. The molecule has 1 aromatic heterocycles. The molecule has 1 heterocycles. The number of nitrogens with one attached hydrogen (secondary N) is 1. The van der Waals surface area contributed by atoms with Gasteiger partial charge in [-0.3, -0.25) is 4.79 Å². The molecule has 0 atom stereocenters. The van der Waals surface area contributed by atoms with Crippen molar-refractivity contribution < 1.29 is 9.18 Å². The Kier molecular flexibility index (Phi) is 4.91. The highest BCUT2D eigenvalue weighted by molar-refractivity contribution is 6.33. The van der Waals surface area contributed by atoms with Crippen molar-refractivity contribution in [2.75, 3.05) is 11.9 Å². The van der Waals surface area contributed by atoms with E-state index in [1.54, 1.807) is 18.2 Å². The summed E-state index contributed by atoms with van der Waals surface area (Å²) in [6.45, 7) is 3.96. The Morgan fingerprint density at radius 2 is 1.80 bits per heavy atom. The lowest BCUT2D eigenvalue weighted by Crippen LogP contribution is -2.15. The molecule has 128 valence electrons. The minimum Gasteiger partial charge on any atom is -0.376 e. The molecule has 0 amide bonds. The van der Waals surface area contributed by atoms with Crippen molar-refractivity contribution in [1.82, 2.24) is 4.57 Å². The van der Waals surface area contributed by atoms with E-state index in [4.69, 9.17) is 11.6 Å². The molecule has 5 heteroatoms. The van der Waals surface area contributed by atoms with Gasteiger partial charge in [0.15, 0.2) is 5.78 Å². The highest BCUT2D eigenvalue weighted by Crippen LogP contribution is 2.23. The van der Waals surface area contributed by atoms with E-state index in [1.165, 1.54) is 12.1 Å². The lowest BCUT2D eigenvalue weighted by molar-refractivity contribution is 0.101. The van der Waals surface area contributed by atoms with Gasteiger partial charge in [0, 0.05) is 22.6 Å². The minimum absolute atomic E-state index is 0.0265. The lowest BCUT2D eigenvalue weighted by Gasteiger charge is -2.10. The van der Waals surface area contributed by atoms with Crippen LogP contribution in [0.25, 0.3) is 5.69 Å². The highest BCUT2D eigenvalue weighted by atomic mass is 35.5. The molecule has 0 unspecified atom stereocenters. The van der Waals surface area contributed by atoms with E-state index >= 15 is 0 Å². The molecule has 2 aromatic carbocycles. The fourth-order valence-electron chi connectivity index (χ4n) is 2.91. The first-order valence-electron chi connectivity index (χ1n) is 7.94. The smallest absolute Gasteiger partial charge is 0.183 e. The maximum Gasteiger partial charge on any atom is 0.183 e. The molecule has 3 aromatic rings. The second-order valence-electron chi connectivity index (χ2n) is 5.85. The van der Waals surface area contributed by atoms with Crippen molar-refractivity contribution in [3.63, 3.8) is 0 Å². The van der Waals surface area contributed by atoms with Crippen LogP contribution in [0.5, 0.6) is 0 Å². The summed E-state index contributed by atoms with van der Waals surface area (Å²) in [5, 5.41) is 3.65. The summed E-state index contributed by atoms with van der Waals surface area (Å²) in [5.41, 5.74) is 3.95. The number of Topliss-reactive ketones (excluding diaryl/α,β-unsaturated/α-hetero) is 1. The average molecular weight is 357 g/mol. The van der Waals surface area contributed by atoms with Crippen LogP contribution in [-0.2, 0) is 0 Å². The van der Waals surface area contributed by atoms with Gasteiger partial charge >= 0.3 is 0 Å². The molecule has 3 nitrogen and oxygen atoms in total. The number of carbonyl (C=O) groups is 1. The van der Waals surface area contributed by atoms with Crippen LogP contribution in [0.4, 0.5) is 10.1 Å². The van der Waals surface area contributed by atoms with Gasteiger partial charge < -0.3 is 9.88 Å². The molecule has 0 radical (unpaired) electrons. The molecule has 3 rings (SSSR count). The van der Waals surface area contributed by atoms with Crippen molar-refractivity contribution in [3.8, 4) is 5.69 Å². The summed E-state index contributed by atoms with van der Waals surface area (Å²) < 4.78 is 15.1. The molecule has 25 heavy (non-hydrogen) atoms. The zero-order valence-electron chi connectivity index (χ0n) is 14.0. The van der Waals surface area contributed by atoms with Crippen molar-refractivity contribution in [2.24, 2.45) is 0 Å². The predicted molar refractivity (Wildman–Crippen MR) is 99.5 cm³/mol. The first-order valence-corrected chi connectivity index (χ1v) is 8.31. The molecule has 0 spiro atoms. The molecule has 0 aliphatic rings. The third kappa shape index (κ3) is 3.59. The van der Waals surface area contributed by atoms with Gasteiger partial charge in [-0.05, 0) is 56.3 Å². The zero-order chi connectivity index (χ0) is 18.0. The summed E-state index contributed by atoms with van der Waals surface area (Å²) in [4.78, 5) is 12.6. The van der Waals surface area contributed by atoms with Gasteiger partial charge in [-0.25, -0.2) is 4.39 Å². The first-order chi connectivity index (χ1) is 12.0. The maximum atomic E-state index is 13.1. The van der Waals surface area contributed by atoms with E-state index < -0.39 is 0 Å². The molecule has 1 N–H and O–H groups in total. The van der Waals surface area contributed by atoms with Gasteiger partial charge in [-0.15, -0.1) is 0 Å². The van der Waals surface area contributed by atoms with Crippen LogP contribution >= 0.6 is 11.6 Å². The van der Waals surface area contributed by atoms with Crippen LogP contribution in [0.2, 0.25) is 5.02 Å². The van der Waals surface area contributed by atoms with Crippen LogP contribution in [0.1, 0.15) is 21.7 Å². The van der Waals surface area contributed by atoms with Crippen LogP contribution in [0.3, 0.4) is 0 Å². The molecule has 0 aliphatic heterocycles. The van der Waals surface area contributed by atoms with E-state index in [9.17, 15) is 9.18 Å². The van der Waals surface area contributed by atoms with Gasteiger partial charge in [0.2, 0.25) is 0 Å². The topological polar surface area (TPSA) is 34.0 Å². The number of anilines is 1. The molecule has 0 fully saturated rings. The first kappa shape index (κ1) is 17.2. The van der Waals surface area contributed by atoms with Gasteiger partial charge in [0.05, 0.1) is 17.3 Å². The maximum absolute atomic E-state index is 13.1. The molecule has 0 saturated carbocycles. The third-order valence-corrected chi connectivity index (χ3v) is 4.46. The molecular weight excluding hydrogens is 339 g/mol. The van der Waals surface area contributed by atoms with E-state index in [-0.39, 0.29) is 18.1 Å². The van der Waals surface area contributed by atoms with E-state index in [2.05, 4.69) is 5.32 Å². The highest BCUT2D eigenvalue weighted by Gasteiger charge is 2.16. The Labute approximate surface area is 151 Å². The van der Waals surface area contributed by atoms with E-state index in [1.807, 2.05) is 42.7 Å². The minimum atomic E-state index is -0.286. The van der Waals surface area contributed by atoms with Crippen molar-refractivity contribution in [1.29, 1.82) is 0 Å². The molecule has 0 bridgehead atoms.